The Balaban J connectivity index is 1.04. The summed E-state index contributed by atoms with van der Waals surface area (Å²) in [6.45, 7) is 0. The molecule has 3 nitrogen and oxygen atoms in total. The predicted molar refractivity (Wildman–Crippen MR) is 258 cm³/mol. The first-order chi connectivity index (χ1) is 29.6. The summed E-state index contributed by atoms with van der Waals surface area (Å²) in [6, 6.07) is 65.7. The van der Waals surface area contributed by atoms with Gasteiger partial charge in [-0.15, -0.1) is 5.11 Å². The van der Waals surface area contributed by atoms with Crippen LogP contribution in [0.3, 0.4) is 0 Å². The molecule has 61 heavy (non-hydrogen) atoms. The highest BCUT2D eigenvalue weighted by Gasteiger charge is 2.36. The summed E-state index contributed by atoms with van der Waals surface area (Å²) in [6.07, 6.45) is 0. The number of hydrogen-bond donors (Lipinski definition) is 0. The minimum atomic E-state index is -1.93. The number of nitrogens with zero attached hydrogens (tertiary/aromatic N) is 2. The molecule has 274 valence electrons. The summed E-state index contributed by atoms with van der Waals surface area (Å²) >= 11 is 0. The minimum absolute atomic E-state index is 0.259. The quantitative estimate of drug-likeness (QED) is 0.119. The van der Waals surface area contributed by atoms with Gasteiger partial charge in [0.2, 0.25) is 0 Å². The van der Waals surface area contributed by atoms with Gasteiger partial charge < -0.3 is 4.42 Å². The van der Waals surface area contributed by atoms with Crippen LogP contribution in [0.15, 0.2) is 192 Å². The predicted octanol–water partition coefficient (Wildman–Crippen LogP) is 12.0. The first-order valence-electron chi connectivity index (χ1n) is 20.2. The van der Waals surface area contributed by atoms with Gasteiger partial charge in [0, 0.05) is 16.5 Å². The molecule has 0 spiro atoms. The molecule has 0 amide bonds. The van der Waals surface area contributed by atoms with Crippen LogP contribution in [-0.2, 0) is 5.21 Å². The lowest BCUT2D eigenvalue weighted by Gasteiger charge is -2.41. The number of benzene rings is 9. The van der Waals surface area contributed by atoms with Crippen LogP contribution >= 0.6 is 0 Å². The highest BCUT2D eigenvalue weighted by Crippen LogP contribution is 2.46. The molecule has 0 saturated carbocycles. The molecule has 0 atom stereocenters. The van der Waals surface area contributed by atoms with Crippen molar-refractivity contribution in [1.82, 2.24) is 9.55 Å². The van der Waals surface area contributed by atoms with Gasteiger partial charge in [-0.3, -0.25) is 4.57 Å². The van der Waals surface area contributed by atoms with Crippen molar-refractivity contribution >= 4 is 93.7 Å². The van der Waals surface area contributed by atoms with Gasteiger partial charge in [0.15, 0.2) is 0 Å². The molecule has 9 aromatic carbocycles. The number of aromatic nitrogens is 2. The molecular formula is C53H31B5N2O. The normalized spacial score (nSPS) is 12.3. The van der Waals surface area contributed by atoms with Crippen LogP contribution < -0.4 is 0 Å². The van der Waals surface area contributed by atoms with Crippen LogP contribution in [0.5, 0.6) is 0 Å². The fraction of sp³-hybridized carbons (Fsp3) is 0.0377. The Morgan fingerprint density at radius 1 is 0.393 bits per heavy atom. The number of furan rings is 1. The van der Waals surface area contributed by atoms with Crippen LogP contribution in [0.2, 0.25) is 5.11 Å². The average Bonchev–Trinajstić information content (AvgIpc) is 3.87. The fourth-order valence-corrected chi connectivity index (χ4v) is 8.88. The van der Waals surface area contributed by atoms with E-state index in [0.717, 1.165) is 61.0 Å². The van der Waals surface area contributed by atoms with Crippen LogP contribution in [0.25, 0.3) is 105 Å². The van der Waals surface area contributed by atoms with Gasteiger partial charge in [0.25, 0.3) is 0 Å². The van der Waals surface area contributed by atoms with E-state index in [-0.39, 0.29) is 5.82 Å². The smallest absolute Gasteiger partial charge is 0.135 e. The number of hydrogen-bond acceptors (Lipinski definition) is 2. The lowest BCUT2D eigenvalue weighted by Crippen LogP contribution is -2.45. The van der Waals surface area contributed by atoms with Crippen molar-refractivity contribution in [2.45, 2.75) is 10.3 Å². The molecule has 0 aliphatic carbocycles. The molecule has 0 fully saturated rings. The number of para-hydroxylation sites is 3. The monoisotopic (exact) mass is 766 g/mol. The fourth-order valence-electron chi connectivity index (χ4n) is 8.88. The van der Waals surface area contributed by atoms with Gasteiger partial charge in [0.1, 0.15) is 17.0 Å². The summed E-state index contributed by atoms with van der Waals surface area (Å²) in [4.78, 5) is 4.72. The van der Waals surface area contributed by atoms with E-state index in [1.807, 2.05) is 53.1 Å². The molecule has 2 heterocycles. The largest absolute Gasteiger partial charge is 0.456 e. The Labute approximate surface area is 360 Å². The molecule has 0 aliphatic heterocycles. The van der Waals surface area contributed by atoms with E-state index in [0.29, 0.717) is 5.52 Å². The number of fused-ring (bicyclic) bond motifs is 6. The van der Waals surface area contributed by atoms with E-state index >= 15 is 0 Å². The molecule has 0 aliphatic rings. The lowest BCUT2D eigenvalue weighted by atomic mass is 9.23. The van der Waals surface area contributed by atoms with Crippen molar-refractivity contribution in [2.24, 2.45) is 0 Å². The Hall–Kier alpha value is -6.91. The lowest BCUT2D eigenvalue weighted by molar-refractivity contribution is 0.669. The SMILES string of the molecule is [B]C([B])([B])C([B])([B])c1nc2ccccc2n1-c1ccc(-c2ccc(-c3c4ccccc4c(-c4ccc5oc6ccccc6c5c4)c4cc(-c5ccccc5)ccc34)cc2)cc1. The van der Waals surface area contributed by atoms with Crippen molar-refractivity contribution in [3.63, 3.8) is 0 Å². The Morgan fingerprint density at radius 2 is 0.902 bits per heavy atom. The maximum absolute atomic E-state index is 6.49. The second kappa shape index (κ2) is 14.1. The van der Waals surface area contributed by atoms with E-state index < -0.39 is 10.3 Å². The summed E-state index contributed by atoms with van der Waals surface area (Å²) in [5, 5.41) is 3.18. The highest BCUT2D eigenvalue weighted by atomic mass is 16.3. The maximum atomic E-state index is 6.49. The van der Waals surface area contributed by atoms with Gasteiger partial charge in [-0.2, -0.15) is 0 Å². The van der Waals surface area contributed by atoms with Gasteiger partial charge in [-0.25, -0.2) is 4.98 Å². The van der Waals surface area contributed by atoms with Crippen LogP contribution in [0.4, 0.5) is 0 Å². The standard InChI is InChI=1S/C53H31B5N2O/c54-52(55,53(56,57)58)51-59-45-15-7-8-16-46(45)60(51)38-26-22-34(23-27-38)33-18-20-35(21-19-33)49-40-13-4-5-14-41(40)50(44-30-36(24-28-42(44)49)32-10-2-1-3-11-32)37-25-29-48-43(31-37)39-12-6-9-17-47(39)61-48/h1-31H. The highest BCUT2D eigenvalue weighted by molar-refractivity contribution is 6.67. The summed E-state index contributed by atoms with van der Waals surface area (Å²) in [5.74, 6) is 0.259. The molecule has 0 unspecified atom stereocenters. The van der Waals surface area contributed by atoms with Gasteiger partial charge in [-0.1, -0.05) is 145 Å². The van der Waals surface area contributed by atoms with Crippen molar-refractivity contribution in [3.05, 3.63) is 194 Å². The Morgan fingerprint density at radius 3 is 1.62 bits per heavy atom. The zero-order chi connectivity index (χ0) is 41.5. The second-order valence-electron chi connectivity index (χ2n) is 15.9. The summed E-state index contributed by atoms with van der Waals surface area (Å²) in [7, 11) is 31.2. The molecule has 10 radical (unpaired) electrons. The van der Waals surface area contributed by atoms with Crippen molar-refractivity contribution in [3.8, 4) is 50.2 Å². The number of rotatable bonds is 7. The third kappa shape index (κ3) is 6.07. The van der Waals surface area contributed by atoms with Crippen molar-refractivity contribution in [2.75, 3.05) is 0 Å². The van der Waals surface area contributed by atoms with Crippen molar-refractivity contribution < 1.29 is 4.42 Å². The number of imidazole rings is 1. The summed E-state index contributed by atoms with van der Waals surface area (Å²) in [5.41, 5.74) is 13.2. The molecule has 0 saturated heterocycles. The van der Waals surface area contributed by atoms with E-state index in [4.69, 9.17) is 48.6 Å². The molecular weight excluding hydrogens is 735 g/mol. The zero-order valence-corrected chi connectivity index (χ0v) is 33.1. The molecule has 0 N–H and O–H groups in total. The van der Waals surface area contributed by atoms with Crippen LogP contribution in [-0.4, -0.2) is 48.8 Å². The molecule has 8 heteroatoms. The van der Waals surface area contributed by atoms with E-state index in [1.165, 1.54) is 38.2 Å². The zero-order valence-electron chi connectivity index (χ0n) is 33.1. The van der Waals surface area contributed by atoms with Gasteiger partial charge >= 0.3 is 0 Å². The Bertz CT molecular complexity index is 3480. The molecule has 2 aromatic heterocycles. The van der Waals surface area contributed by atoms with Gasteiger partial charge in [0.05, 0.1) is 50.3 Å². The van der Waals surface area contributed by atoms with Crippen LogP contribution in [0, 0.1) is 0 Å². The van der Waals surface area contributed by atoms with Crippen molar-refractivity contribution in [1.29, 1.82) is 0 Å². The minimum Gasteiger partial charge on any atom is -0.456 e. The van der Waals surface area contributed by atoms with E-state index in [1.54, 1.807) is 0 Å². The molecule has 11 rings (SSSR count). The van der Waals surface area contributed by atoms with E-state index in [9.17, 15) is 0 Å². The average molecular weight is 766 g/mol. The molecule has 0 bridgehead atoms. The summed E-state index contributed by atoms with van der Waals surface area (Å²) < 4.78 is 8.12. The van der Waals surface area contributed by atoms with Crippen LogP contribution in [0.1, 0.15) is 5.82 Å². The molecule has 11 aromatic rings. The second-order valence-corrected chi connectivity index (χ2v) is 15.9. The first-order valence-corrected chi connectivity index (χ1v) is 20.2. The third-order valence-electron chi connectivity index (χ3n) is 12.1. The van der Waals surface area contributed by atoms with Gasteiger partial charge in [-0.05, 0) is 115 Å². The Kier molecular flexibility index (Phi) is 8.58. The third-order valence-corrected chi connectivity index (χ3v) is 12.1. The van der Waals surface area contributed by atoms with E-state index in [2.05, 4.69) is 140 Å². The topological polar surface area (TPSA) is 31.0 Å². The maximum Gasteiger partial charge on any atom is 0.135 e. The first kappa shape index (κ1) is 37.1.